The lowest BCUT2D eigenvalue weighted by Gasteiger charge is -2.18. The molecule has 0 aromatic rings. The maximum Gasteiger partial charge on any atom is 0.306 e. The predicted molar refractivity (Wildman–Crippen MR) is 353 cm³/mol. The number of carbonyl (C=O) groups excluding carboxylic acids is 3. The molecule has 0 bridgehead atoms. The van der Waals surface area contributed by atoms with Crippen molar-refractivity contribution < 1.29 is 28.6 Å². The number of hydrogen-bond acceptors (Lipinski definition) is 6. The number of allylic oxidation sites excluding steroid dienone is 10. The smallest absolute Gasteiger partial charge is 0.306 e. The van der Waals surface area contributed by atoms with Crippen LogP contribution in [0.5, 0.6) is 0 Å². The van der Waals surface area contributed by atoms with Gasteiger partial charge in [-0.3, -0.25) is 14.4 Å². The second-order valence-corrected chi connectivity index (χ2v) is 24.1. The van der Waals surface area contributed by atoms with Gasteiger partial charge in [0.25, 0.3) is 0 Å². The van der Waals surface area contributed by atoms with Crippen LogP contribution in [0.3, 0.4) is 0 Å². The Morgan fingerprint density at radius 2 is 0.444 bits per heavy atom. The van der Waals surface area contributed by atoms with Crippen LogP contribution in [0.25, 0.3) is 0 Å². The molecule has 1 unspecified atom stereocenters. The topological polar surface area (TPSA) is 78.9 Å². The van der Waals surface area contributed by atoms with Gasteiger partial charge in [0, 0.05) is 19.3 Å². The van der Waals surface area contributed by atoms with Gasteiger partial charge in [0.15, 0.2) is 6.10 Å². The van der Waals surface area contributed by atoms with Gasteiger partial charge in [-0.1, -0.05) is 313 Å². The first-order chi connectivity index (χ1) is 40.0. The number of esters is 3. The molecule has 0 aromatic carbocycles. The van der Waals surface area contributed by atoms with E-state index in [0.717, 1.165) is 83.5 Å². The minimum absolute atomic E-state index is 0.0776. The molecule has 81 heavy (non-hydrogen) atoms. The zero-order chi connectivity index (χ0) is 58.5. The summed E-state index contributed by atoms with van der Waals surface area (Å²) in [6.45, 7) is 6.65. The second kappa shape index (κ2) is 69.6. The van der Waals surface area contributed by atoms with Gasteiger partial charge >= 0.3 is 17.9 Å². The molecule has 0 aromatic heterocycles. The van der Waals surface area contributed by atoms with Crippen molar-refractivity contribution in [2.24, 2.45) is 0 Å². The predicted octanol–water partition coefficient (Wildman–Crippen LogP) is 24.7. The van der Waals surface area contributed by atoms with Crippen molar-refractivity contribution in [2.45, 2.75) is 386 Å². The summed E-state index contributed by atoms with van der Waals surface area (Å²) >= 11 is 0. The number of hydrogen-bond donors (Lipinski definition) is 0. The average molecular weight is 1130 g/mol. The van der Waals surface area contributed by atoms with Crippen LogP contribution in [-0.4, -0.2) is 37.2 Å². The van der Waals surface area contributed by atoms with Crippen molar-refractivity contribution in [3.63, 3.8) is 0 Å². The van der Waals surface area contributed by atoms with Gasteiger partial charge in [0.1, 0.15) is 13.2 Å². The van der Waals surface area contributed by atoms with E-state index in [2.05, 4.69) is 81.5 Å². The largest absolute Gasteiger partial charge is 0.462 e. The van der Waals surface area contributed by atoms with Crippen molar-refractivity contribution in [3.8, 4) is 0 Å². The molecule has 0 aliphatic rings. The van der Waals surface area contributed by atoms with Gasteiger partial charge in [-0.05, 0) is 109 Å². The van der Waals surface area contributed by atoms with E-state index in [1.54, 1.807) is 0 Å². The zero-order valence-electron chi connectivity index (χ0n) is 54.3. The molecule has 0 heterocycles. The van der Waals surface area contributed by atoms with Crippen molar-refractivity contribution in [3.05, 3.63) is 60.8 Å². The van der Waals surface area contributed by atoms with Crippen LogP contribution in [0.2, 0.25) is 0 Å². The Kier molecular flexibility index (Phi) is 67.1. The molecule has 0 radical (unpaired) electrons. The van der Waals surface area contributed by atoms with E-state index in [0.29, 0.717) is 19.3 Å². The first-order valence-corrected chi connectivity index (χ1v) is 35.8. The summed E-state index contributed by atoms with van der Waals surface area (Å²) in [6, 6.07) is 0. The highest BCUT2D eigenvalue weighted by Gasteiger charge is 2.19. The molecule has 0 amide bonds. The Labute approximate surface area is 504 Å². The van der Waals surface area contributed by atoms with Crippen molar-refractivity contribution >= 4 is 17.9 Å². The molecule has 0 rings (SSSR count). The molecular formula is C75H136O6. The summed E-state index contributed by atoms with van der Waals surface area (Å²) in [5.74, 6) is -0.874. The van der Waals surface area contributed by atoms with Gasteiger partial charge in [-0.25, -0.2) is 0 Å². The Hall–Kier alpha value is -2.89. The maximum absolute atomic E-state index is 13.0. The minimum Gasteiger partial charge on any atom is -0.462 e. The lowest BCUT2D eigenvalue weighted by atomic mass is 10.0. The molecule has 0 aliphatic carbocycles. The van der Waals surface area contributed by atoms with Crippen LogP contribution in [0.4, 0.5) is 0 Å². The number of ether oxygens (including phenoxy) is 3. The lowest BCUT2D eigenvalue weighted by Crippen LogP contribution is -2.30. The Balaban J connectivity index is 4.28. The fourth-order valence-corrected chi connectivity index (χ4v) is 10.6. The number of carbonyl (C=O) groups is 3. The summed E-state index contributed by atoms with van der Waals surface area (Å²) in [5.41, 5.74) is 0. The molecule has 0 aliphatic heterocycles. The van der Waals surface area contributed by atoms with E-state index >= 15 is 0 Å². The molecule has 472 valence electrons. The van der Waals surface area contributed by atoms with Crippen LogP contribution in [0.15, 0.2) is 60.8 Å². The molecule has 0 saturated carbocycles. The van der Waals surface area contributed by atoms with Gasteiger partial charge in [0.2, 0.25) is 0 Å². The van der Waals surface area contributed by atoms with Crippen LogP contribution in [-0.2, 0) is 28.6 Å². The summed E-state index contributed by atoms with van der Waals surface area (Å²) in [4.78, 5) is 38.5. The van der Waals surface area contributed by atoms with E-state index in [-0.39, 0.29) is 31.1 Å². The fraction of sp³-hybridized carbons (Fsp3) is 0.827. The Morgan fingerprint density at radius 1 is 0.247 bits per heavy atom. The minimum atomic E-state index is -0.783. The van der Waals surface area contributed by atoms with E-state index < -0.39 is 6.10 Å². The lowest BCUT2D eigenvalue weighted by molar-refractivity contribution is -0.167. The van der Waals surface area contributed by atoms with Gasteiger partial charge in [-0.15, -0.1) is 0 Å². The second-order valence-electron chi connectivity index (χ2n) is 24.1. The summed E-state index contributed by atoms with van der Waals surface area (Å²) in [7, 11) is 0. The zero-order valence-corrected chi connectivity index (χ0v) is 54.3. The summed E-state index contributed by atoms with van der Waals surface area (Å²) < 4.78 is 17.0. The van der Waals surface area contributed by atoms with Gasteiger partial charge in [-0.2, -0.15) is 0 Å². The van der Waals surface area contributed by atoms with E-state index in [9.17, 15) is 14.4 Å². The molecule has 0 saturated heterocycles. The highest BCUT2D eigenvalue weighted by Crippen LogP contribution is 2.18. The van der Waals surface area contributed by atoms with Crippen LogP contribution >= 0.6 is 0 Å². The first kappa shape index (κ1) is 78.1. The molecule has 0 fully saturated rings. The van der Waals surface area contributed by atoms with Gasteiger partial charge in [0.05, 0.1) is 0 Å². The average Bonchev–Trinajstić information content (AvgIpc) is 3.47. The third-order valence-electron chi connectivity index (χ3n) is 16.0. The Morgan fingerprint density at radius 3 is 0.716 bits per heavy atom. The van der Waals surface area contributed by atoms with Gasteiger partial charge < -0.3 is 14.2 Å². The van der Waals surface area contributed by atoms with Crippen LogP contribution in [0.1, 0.15) is 380 Å². The SMILES string of the molecule is CCCCC/C=C\C/C=C\CCCCCCCC(=O)OCC(COC(=O)CCCCCCCCCCCCCCCCC/C=C\CCCCCCCCCC)OC(=O)CCCCCCCCCCC/C=C\C/C=C\CCCCCCC. The van der Waals surface area contributed by atoms with Crippen molar-refractivity contribution in [1.29, 1.82) is 0 Å². The Bertz CT molecular complexity index is 1440. The quantitative estimate of drug-likeness (QED) is 0.0261. The van der Waals surface area contributed by atoms with Crippen LogP contribution < -0.4 is 0 Å². The standard InChI is InChI=1S/C75H136O6/c1-4-7-10-13-16-19-22-25-28-30-32-34-35-36-37-38-39-41-42-44-47-50-53-56-59-62-65-68-74(77)80-71-72(70-79-73(76)67-64-61-58-55-52-49-46-27-24-21-18-15-12-9-6-3)81-75(78)69-66-63-60-57-54-51-48-45-43-40-33-31-29-26-23-20-17-14-11-8-5-2/h18,21,23,26-27,30-33,46,72H,4-17,19-20,22,24-25,28-29,34-45,47-71H2,1-3H3/b21-18-,26-23-,32-30-,33-31-,46-27-. The fourth-order valence-electron chi connectivity index (χ4n) is 10.6. The van der Waals surface area contributed by atoms with E-state index in [1.165, 1.54) is 257 Å². The normalized spacial score (nSPS) is 12.4. The maximum atomic E-state index is 13.0. The van der Waals surface area contributed by atoms with Crippen molar-refractivity contribution in [1.82, 2.24) is 0 Å². The van der Waals surface area contributed by atoms with E-state index in [4.69, 9.17) is 14.2 Å². The molecule has 6 nitrogen and oxygen atoms in total. The highest BCUT2D eigenvalue weighted by atomic mass is 16.6. The summed E-state index contributed by atoms with van der Waals surface area (Å²) in [5, 5.41) is 0. The molecule has 1 atom stereocenters. The monoisotopic (exact) mass is 1130 g/mol. The van der Waals surface area contributed by atoms with Crippen LogP contribution in [0, 0.1) is 0 Å². The molecular weight excluding hydrogens is 997 g/mol. The molecule has 0 spiro atoms. The third-order valence-corrected chi connectivity index (χ3v) is 16.0. The number of unbranched alkanes of at least 4 members (excludes halogenated alkanes) is 45. The van der Waals surface area contributed by atoms with Crippen molar-refractivity contribution in [2.75, 3.05) is 13.2 Å². The molecule has 6 heteroatoms. The first-order valence-electron chi connectivity index (χ1n) is 35.8. The van der Waals surface area contributed by atoms with E-state index in [1.807, 2.05) is 0 Å². The highest BCUT2D eigenvalue weighted by molar-refractivity contribution is 5.71. The number of rotatable bonds is 66. The molecule has 0 N–H and O–H groups in total. The third kappa shape index (κ3) is 67.8. The summed E-state index contributed by atoms with van der Waals surface area (Å²) in [6.07, 6.45) is 89.6.